The van der Waals surface area contributed by atoms with Gasteiger partial charge in [-0.3, -0.25) is 24.0 Å². The largest absolute Gasteiger partial charge is 0.383 e. The van der Waals surface area contributed by atoms with Crippen LogP contribution in [0.3, 0.4) is 0 Å². The van der Waals surface area contributed by atoms with Crippen molar-refractivity contribution in [3.8, 4) is 0 Å². The lowest BCUT2D eigenvalue weighted by molar-refractivity contribution is 0.0975. The van der Waals surface area contributed by atoms with Crippen molar-refractivity contribution in [2.24, 2.45) is 0 Å². The highest BCUT2D eigenvalue weighted by Crippen LogP contribution is 2.23. The lowest BCUT2D eigenvalue weighted by Crippen LogP contribution is -2.42. The van der Waals surface area contributed by atoms with E-state index in [2.05, 4.69) is 4.98 Å². The van der Waals surface area contributed by atoms with Gasteiger partial charge in [0.05, 0.1) is 17.2 Å². The third kappa shape index (κ3) is 3.97. The monoisotopic (exact) mass is 380 g/mol. The van der Waals surface area contributed by atoms with Crippen LogP contribution in [-0.2, 0) is 11.3 Å². The van der Waals surface area contributed by atoms with Crippen LogP contribution in [0, 0.1) is 0 Å². The molecule has 1 aromatic heterocycles. The standard InChI is InChI=1S/C17H21ClN4O4/c1-3-8-22-14(19)13(15(23)20-17(22)25)21(9-10-26-2)16(24)11-6-4-5-7-12(11)18/h4-7H,3,8-10,19H2,1-2H3,(H,20,23,25). The molecule has 26 heavy (non-hydrogen) atoms. The van der Waals surface area contributed by atoms with E-state index in [1.54, 1.807) is 24.3 Å². The second kappa shape index (κ2) is 8.68. The highest BCUT2D eigenvalue weighted by Gasteiger charge is 2.26. The third-order valence-corrected chi connectivity index (χ3v) is 4.13. The number of H-pyrrole nitrogens is 1. The minimum Gasteiger partial charge on any atom is -0.383 e. The van der Waals surface area contributed by atoms with Gasteiger partial charge in [-0.1, -0.05) is 30.7 Å². The van der Waals surface area contributed by atoms with Gasteiger partial charge in [0.15, 0.2) is 5.69 Å². The Morgan fingerprint density at radius 1 is 1.35 bits per heavy atom. The summed E-state index contributed by atoms with van der Waals surface area (Å²) in [5.74, 6) is -0.580. The molecule has 0 aliphatic carbocycles. The molecule has 0 radical (unpaired) electrons. The van der Waals surface area contributed by atoms with Crippen LogP contribution in [0.2, 0.25) is 5.02 Å². The second-order valence-electron chi connectivity index (χ2n) is 5.57. The molecule has 1 amide bonds. The van der Waals surface area contributed by atoms with Gasteiger partial charge in [-0.05, 0) is 18.6 Å². The van der Waals surface area contributed by atoms with Gasteiger partial charge in [-0.25, -0.2) is 4.79 Å². The number of nitrogens with one attached hydrogen (secondary N) is 1. The Labute approximate surface area is 155 Å². The number of nitrogens with zero attached hydrogens (tertiary/aromatic N) is 2. The summed E-state index contributed by atoms with van der Waals surface area (Å²) in [5, 5.41) is 0.247. The molecule has 0 unspecified atom stereocenters. The normalized spacial score (nSPS) is 10.7. The molecule has 140 valence electrons. The first kappa shape index (κ1) is 19.7. The number of halogens is 1. The molecule has 0 bridgehead atoms. The number of hydrogen-bond donors (Lipinski definition) is 2. The zero-order chi connectivity index (χ0) is 19.3. The zero-order valence-corrected chi connectivity index (χ0v) is 15.4. The van der Waals surface area contributed by atoms with Crippen LogP contribution in [0.1, 0.15) is 23.7 Å². The van der Waals surface area contributed by atoms with E-state index in [1.165, 1.54) is 16.6 Å². The maximum Gasteiger partial charge on any atom is 0.330 e. The summed E-state index contributed by atoms with van der Waals surface area (Å²) in [6.07, 6.45) is 0.631. The van der Waals surface area contributed by atoms with Gasteiger partial charge in [0.1, 0.15) is 5.82 Å². The van der Waals surface area contributed by atoms with Crippen LogP contribution >= 0.6 is 11.6 Å². The summed E-state index contributed by atoms with van der Waals surface area (Å²) in [6.45, 7) is 2.42. The van der Waals surface area contributed by atoms with E-state index in [1.807, 2.05) is 6.92 Å². The maximum absolute atomic E-state index is 13.0. The van der Waals surface area contributed by atoms with Crippen LogP contribution < -0.4 is 21.9 Å². The Morgan fingerprint density at radius 3 is 2.65 bits per heavy atom. The van der Waals surface area contributed by atoms with Crippen LogP contribution in [0.25, 0.3) is 0 Å². The number of anilines is 2. The van der Waals surface area contributed by atoms with Crippen molar-refractivity contribution in [2.75, 3.05) is 30.9 Å². The molecule has 0 aliphatic heterocycles. The third-order valence-electron chi connectivity index (χ3n) is 3.80. The first-order valence-corrected chi connectivity index (χ1v) is 8.48. The number of aromatic amines is 1. The molecule has 2 rings (SSSR count). The van der Waals surface area contributed by atoms with Gasteiger partial charge in [-0.15, -0.1) is 0 Å². The maximum atomic E-state index is 13.0. The van der Waals surface area contributed by atoms with Crippen molar-refractivity contribution < 1.29 is 9.53 Å². The molecule has 0 fully saturated rings. The van der Waals surface area contributed by atoms with Crippen molar-refractivity contribution in [2.45, 2.75) is 19.9 Å². The van der Waals surface area contributed by atoms with Crippen molar-refractivity contribution >= 4 is 29.0 Å². The minimum absolute atomic E-state index is 0.0676. The number of carbonyl (C=O) groups is 1. The summed E-state index contributed by atoms with van der Waals surface area (Å²) in [5.41, 5.74) is 4.84. The van der Waals surface area contributed by atoms with Crippen LogP contribution in [0.15, 0.2) is 33.9 Å². The number of nitrogens with two attached hydrogens (primary N) is 1. The number of nitrogen functional groups attached to an aromatic ring is 1. The average Bonchev–Trinajstić information content (AvgIpc) is 2.61. The highest BCUT2D eigenvalue weighted by atomic mass is 35.5. The number of ether oxygens (including phenoxy) is 1. The van der Waals surface area contributed by atoms with Crippen LogP contribution in [0.4, 0.5) is 11.5 Å². The number of aromatic nitrogens is 2. The molecule has 0 saturated carbocycles. The molecule has 8 nitrogen and oxygen atoms in total. The predicted molar refractivity (Wildman–Crippen MR) is 101 cm³/mol. The van der Waals surface area contributed by atoms with Crippen molar-refractivity contribution in [3.63, 3.8) is 0 Å². The molecule has 1 heterocycles. The number of carbonyl (C=O) groups excluding carboxylic acids is 1. The lowest BCUT2D eigenvalue weighted by Gasteiger charge is -2.24. The van der Waals surface area contributed by atoms with Crippen molar-refractivity contribution in [3.05, 3.63) is 55.7 Å². The van der Waals surface area contributed by atoms with Gasteiger partial charge in [-0.2, -0.15) is 0 Å². The first-order valence-electron chi connectivity index (χ1n) is 8.10. The first-order chi connectivity index (χ1) is 12.4. The van der Waals surface area contributed by atoms with Gasteiger partial charge in [0.25, 0.3) is 11.5 Å². The van der Waals surface area contributed by atoms with E-state index in [-0.39, 0.29) is 35.2 Å². The van der Waals surface area contributed by atoms with E-state index < -0.39 is 17.2 Å². The summed E-state index contributed by atoms with van der Waals surface area (Å²) in [6, 6.07) is 6.49. The predicted octanol–water partition coefficient (Wildman–Crippen LogP) is 1.48. The number of amides is 1. The fraction of sp³-hybridized carbons (Fsp3) is 0.353. The van der Waals surface area contributed by atoms with E-state index in [4.69, 9.17) is 22.1 Å². The molecular weight excluding hydrogens is 360 g/mol. The smallest absolute Gasteiger partial charge is 0.330 e. The number of hydrogen-bond acceptors (Lipinski definition) is 5. The number of methoxy groups -OCH3 is 1. The fourth-order valence-electron chi connectivity index (χ4n) is 2.56. The molecular formula is C17H21ClN4O4. The second-order valence-corrected chi connectivity index (χ2v) is 5.98. The Bertz CT molecular complexity index is 906. The molecule has 2 aromatic rings. The van der Waals surface area contributed by atoms with Crippen LogP contribution in [0.5, 0.6) is 0 Å². The van der Waals surface area contributed by atoms with Gasteiger partial charge in [0.2, 0.25) is 0 Å². The lowest BCUT2D eigenvalue weighted by atomic mass is 10.2. The fourth-order valence-corrected chi connectivity index (χ4v) is 2.78. The van der Waals surface area contributed by atoms with E-state index in [9.17, 15) is 14.4 Å². The van der Waals surface area contributed by atoms with Crippen LogP contribution in [-0.4, -0.2) is 35.7 Å². The van der Waals surface area contributed by atoms with E-state index >= 15 is 0 Å². The minimum atomic E-state index is -0.739. The van der Waals surface area contributed by atoms with Gasteiger partial charge < -0.3 is 10.5 Å². The summed E-state index contributed by atoms with van der Waals surface area (Å²) in [4.78, 5) is 40.9. The topological polar surface area (TPSA) is 110 Å². The highest BCUT2D eigenvalue weighted by molar-refractivity contribution is 6.34. The Hall–Kier alpha value is -2.58. The quantitative estimate of drug-likeness (QED) is 0.755. The molecule has 9 heteroatoms. The molecule has 3 N–H and O–H groups in total. The Kier molecular flexibility index (Phi) is 6.59. The number of benzene rings is 1. The molecule has 0 saturated heterocycles. The Balaban J connectivity index is 2.63. The zero-order valence-electron chi connectivity index (χ0n) is 14.6. The van der Waals surface area contributed by atoms with Gasteiger partial charge >= 0.3 is 5.69 Å². The van der Waals surface area contributed by atoms with E-state index in [0.717, 1.165) is 0 Å². The van der Waals surface area contributed by atoms with Crippen molar-refractivity contribution in [1.82, 2.24) is 9.55 Å². The summed E-state index contributed by atoms with van der Waals surface area (Å²) < 4.78 is 6.28. The van der Waals surface area contributed by atoms with Crippen molar-refractivity contribution in [1.29, 1.82) is 0 Å². The SMILES string of the molecule is CCCn1c(N)c(N(CCOC)C(=O)c2ccccc2Cl)c(=O)[nH]c1=O. The average molecular weight is 381 g/mol. The molecule has 0 atom stereocenters. The molecule has 0 spiro atoms. The number of rotatable bonds is 7. The van der Waals surface area contributed by atoms with Gasteiger partial charge in [0, 0.05) is 20.2 Å². The summed E-state index contributed by atoms with van der Waals surface area (Å²) in [7, 11) is 1.48. The Morgan fingerprint density at radius 2 is 2.04 bits per heavy atom. The molecule has 1 aromatic carbocycles. The van der Waals surface area contributed by atoms with E-state index in [0.29, 0.717) is 13.0 Å². The molecule has 0 aliphatic rings. The summed E-state index contributed by atoms with van der Waals surface area (Å²) >= 11 is 6.12.